The quantitative estimate of drug-likeness (QED) is 0.575. The molecule has 5 nitrogen and oxygen atoms in total. The van der Waals surface area contributed by atoms with Crippen LogP contribution in [0, 0.1) is 0 Å². The summed E-state index contributed by atoms with van der Waals surface area (Å²) in [6, 6.07) is 5.74. The third-order valence-electron chi connectivity index (χ3n) is 3.49. The van der Waals surface area contributed by atoms with E-state index in [1.165, 1.54) is 18.2 Å². The molecule has 3 rings (SSSR count). The molecular weight excluding hydrogens is 405 g/mol. The summed E-state index contributed by atoms with van der Waals surface area (Å²) in [5, 5.41) is 2.41. The van der Waals surface area contributed by atoms with Gasteiger partial charge in [-0.3, -0.25) is 10.1 Å². The molecule has 2 heterocycles. The number of benzene rings is 1. The van der Waals surface area contributed by atoms with Gasteiger partial charge in [0.05, 0.1) is 17.5 Å². The first-order valence-electron chi connectivity index (χ1n) is 7.79. The summed E-state index contributed by atoms with van der Waals surface area (Å²) >= 11 is 0.739. The lowest BCUT2D eigenvalue weighted by atomic mass is 10.1. The highest BCUT2D eigenvalue weighted by atomic mass is 32.1. The molecule has 1 N–H and O–H groups in total. The molecule has 0 fully saturated rings. The number of nitrogens with one attached hydrogen (secondary N) is 1. The molecule has 0 aliphatic heterocycles. The zero-order chi connectivity index (χ0) is 20.5. The smallest absolute Gasteiger partial charge is 0.416 e. The first-order valence-corrected chi connectivity index (χ1v) is 8.56. The van der Waals surface area contributed by atoms with Crippen LogP contribution in [-0.2, 0) is 12.6 Å². The Labute approximate surface area is 159 Å². The molecule has 0 atom stereocenters. The first kappa shape index (κ1) is 19.9. The summed E-state index contributed by atoms with van der Waals surface area (Å²) in [6.45, 7) is 0.729. The van der Waals surface area contributed by atoms with Gasteiger partial charge in [-0.15, -0.1) is 0 Å². The Morgan fingerprint density at radius 2 is 1.96 bits per heavy atom. The van der Waals surface area contributed by atoms with Crippen LogP contribution < -0.4 is 5.32 Å². The van der Waals surface area contributed by atoms with Crippen molar-refractivity contribution < 1.29 is 31.2 Å². The third-order valence-corrected chi connectivity index (χ3v) is 4.16. The van der Waals surface area contributed by atoms with E-state index in [1.807, 2.05) is 0 Å². The van der Waals surface area contributed by atoms with E-state index in [0.717, 1.165) is 36.9 Å². The molecule has 1 aromatic carbocycles. The van der Waals surface area contributed by atoms with Gasteiger partial charge in [0, 0.05) is 17.1 Å². The zero-order valence-corrected chi connectivity index (χ0v) is 15.0. The highest BCUT2D eigenvalue weighted by Gasteiger charge is 2.30. The van der Waals surface area contributed by atoms with Gasteiger partial charge >= 0.3 is 6.18 Å². The Hall–Kier alpha value is -2.82. The van der Waals surface area contributed by atoms with E-state index in [2.05, 4.69) is 14.7 Å². The van der Waals surface area contributed by atoms with Gasteiger partial charge in [-0.25, -0.2) is 13.8 Å². The molecule has 148 valence electrons. The van der Waals surface area contributed by atoms with Crippen LogP contribution in [0.1, 0.15) is 28.7 Å². The van der Waals surface area contributed by atoms with Crippen molar-refractivity contribution in [1.29, 1.82) is 0 Å². The number of carbonyl (C=O) groups is 1. The van der Waals surface area contributed by atoms with Gasteiger partial charge in [-0.05, 0) is 25.1 Å². The molecule has 0 saturated carbocycles. The molecule has 0 bridgehead atoms. The van der Waals surface area contributed by atoms with Crippen LogP contribution in [0.3, 0.4) is 0 Å². The van der Waals surface area contributed by atoms with Gasteiger partial charge in [0.15, 0.2) is 5.82 Å². The van der Waals surface area contributed by atoms with Gasteiger partial charge in [0.1, 0.15) is 12.0 Å². The van der Waals surface area contributed by atoms with Crippen molar-refractivity contribution in [3.8, 4) is 11.3 Å². The maximum atomic E-state index is 13.0. The van der Waals surface area contributed by atoms with E-state index in [0.29, 0.717) is 0 Å². The Balaban J connectivity index is 1.73. The highest BCUT2D eigenvalue weighted by molar-refractivity contribution is 7.09. The maximum Gasteiger partial charge on any atom is 0.416 e. The van der Waals surface area contributed by atoms with Crippen molar-refractivity contribution in [3.05, 3.63) is 53.5 Å². The normalized spacial score (nSPS) is 12.2. The van der Waals surface area contributed by atoms with E-state index in [4.69, 9.17) is 4.42 Å². The summed E-state index contributed by atoms with van der Waals surface area (Å²) in [7, 11) is 0. The van der Waals surface area contributed by atoms with E-state index in [9.17, 15) is 26.7 Å². The second kappa shape index (κ2) is 7.30. The lowest BCUT2D eigenvalue weighted by Crippen LogP contribution is -2.15. The second-order valence-electron chi connectivity index (χ2n) is 6.00. The van der Waals surface area contributed by atoms with E-state index < -0.39 is 30.0 Å². The number of hydrogen-bond donors (Lipinski definition) is 1. The predicted octanol–water partition coefficient (Wildman–Crippen LogP) is 5.27. The lowest BCUT2D eigenvalue weighted by Gasteiger charge is -2.07. The number of aromatic nitrogens is 2. The van der Waals surface area contributed by atoms with Gasteiger partial charge < -0.3 is 4.42 Å². The molecular formula is C17H12F5N3O2S. The number of rotatable bonds is 5. The molecule has 0 spiro atoms. The maximum absolute atomic E-state index is 13.0. The van der Waals surface area contributed by atoms with Crippen molar-refractivity contribution in [1.82, 2.24) is 9.36 Å². The highest BCUT2D eigenvalue weighted by Crippen LogP contribution is 2.32. The number of halogens is 5. The van der Waals surface area contributed by atoms with Crippen LogP contribution in [0.2, 0.25) is 0 Å². The molecule has 0 aliphatic carbocycles. The molecule has 0 unspecified atom stereocenters. The fourth-order valence-corrected chi connectivity index (χ4v) is 2.86. The fraction of sp³-hybridized carbons (Fsp3) is 0.235. The summed E-state index contributed by atoms with van der Waals surface area (Å²) in [4.78, 5) is 16.0. The van der Waals surface area contributed by atoms with Crippen LogP contribution >= 0.6 is 11.5 Å². The topological polar surface area (TPSA) is 68.0 Å². The van der Waals surface area contributed by atoms with Crippen molar-refractivity contribution in [3.63, 3.8) is 0 Å². The Bertz CT molecular complexity index is 991. The molecule has 0 radical (unpaired) electrons. The predicted molar refractivity (Wildman–Crippen MR) is 91.3 cm³/mol. The number of carbonyl (C=O) groups excluding carboxylic acids is 1. The summed E-state index contributed by atoms with van der Waals surface area (Å²) in [5.41, 5.74) is -0.663. The molecule has 2 aromatic heterocycles. The molecule has 0 saturated heterocycles. The van der Waals surface area contributed by atoms with E-state index >= 15 is 0 Å². The number of alkyl halides is 5. The van der Waals surface area contributed by atoms with Crippen LogP contribution in [0.15, 0.2) is 41.0 Å². The standard InChI is InChI=1S/C17H12F5N3O2S/c1-16(18,19)7-13-23-15(28-25-13)24-14(26)10-6-12(27-8-10)9-3-2-4-11(5-9)17(20,21)22/h2-6,8H,7H2,1H3,(H,23,24,25,26). The van der Waals surface area contributed by atoms with Gasteiger partial charge in [-0.2, -0.15) is 17.5 Å². The van der Waals surface area contributed by atoms with Crippen molar-refractivity contribution in [2.75, 3.05) is 5.32 Å². The molecule has 11 heteroatoms. The second-order valence-corrected chi connectivity index (χ2v) is 6.75. The van der Waals surface area contributed by atoms with E-state index in [1.54, 1.807) is 0 Å². The van der Waals surface area contributed by atoms with Crippen molar-refractivity contribution in [2.45, 2.75) is 25.4 Å². The number of furan rings is 1. The van der Waals surface area contributed by atoms with Gasteiger partial charge in [0.2, 0.25) is 5.13 Å². The number of anilines is 1. The fourth-order valence-electron chi connectivity index (χ4n) is 2.28. The number of hydrogen-bond acceptors (Lipinski definition) is 5. The molecule has 0 aliphatic rings. The van der Waals surface area contributed by atoms with E-state index in [-0.39, 0.29) is 27.8 Å². The van der Waals surface area contributed by atoms with Crippen LogP contribution in [-0.4, -0.2) is 21.2 Å². The van der Waals surface area contributed by atoms with Crippen LogP contribution in [0.5, 0.6) is 0 Å². The average molecular weight is 417 g/mol. The first-order chi connectivity index (χ1) is 13.0. The SMILES string of the molecule is CC(F)(F)Cc1nsc(NC(=O)c2coc(-c3cccc(C(F)(F)F)c3)c2)n1. The van der Waals surface area contributed by atoms with Gasteiger partial charge in [0.25, 0.3) is 11.8 Å². The van der Waals surface area contributed by atoms with Crippen molar-refractivity contribution >= 4 is 22.6 Å². The Morgan fingerprint density at radius 1 is 1.21 bits per heavy atom. The van der Waals surface area contributed by atoms with Crippen LogP contribution in [0.4, 0.5) is 27.1 Å². The summed E-state index contributed by atoms with van der Waals surface area (Å²) in [5.74, 6) is -3.68. The van der Waals surface area contributed by atoms with Gasteiger partial charge in [-0.1, -0.05) is 12.1 Å². The lowest BCUT2D eigenvalue weighted by molar-refractivity contribution is -0.137. The average Bonchev–Trinajstić information content (AvgIpc) is 3.22. The summed E-state index contributed by atoms with van der Waals surface area (Å²) in [6.07, 6.45) is -4.09. The minimum atomic E-state index is -4.51. The Morgan fingerprint density at radius 3 is 2.64 bits per heavy atom. The zero-order valence-electron chi connectivity index (χ0n) is 14.2. The third kappa shape index (κ3) is 4.91. The number of nitrogens with zero attached hydrogens (tertiary/aromatic N) is 2. The molecule has 3 aromatic rings. The van der Waals surface area contributed by atoms with Crippen molar-refractivity contribution in [2.24, 2.45) is 0 Å². The minimum absolute atomic E-state index is 0.0195. The Kier molecular flexibility index (Phi) is 5.20. The monoisotopic (exact) mass is 417 g/mol. The van der Waals surface area contributed by atoms with Crippen LogP contribution in [0.25, 0.3) is 11.3 Å². The summed E-state index contributed by atoms with van der Waals surface area (Å²) < 4.78 is 73.3. The number of amides is 1. The molecule has 28 heavy (non-hydrogen) atoms. The molecule has 1 amide bonds. The minimum Gasteiger partial charge on any atom is -0.464 e. The largest absolute Gasteiger partial charge is 0.464 e.